The third kappa shape index (κ3) is 3.81. The molecule has 1 aliphatic heterocycles. The van der Waals surface area contributed by atoms with Gasteiger partial charge in [0.2, 0.25) is 0 Å². The van der Waals surface area contributed by atoms with Crippen LogP contribution < -0.4 is 5.32 Å². The fourth-order valence-electron chi connectivity index (χ4n) is 3.74. The van der Waals surface area contributed by atoms with E-state index < -0.39 is 0 Å². The van der Waals surface area contributed by atoms with Crippen molar-refractivity contribution in [1.29, 1.82) is 0 Å². The normalized spacial score (nSPS) is 20.2. The van der Waals surface area contributed by atoms with Crippen molar-refractivity contribution >= 4 is 29.4 Å². The van der Waals surface area contributed by atoms with Gasteiger partial charge >= 0.3 is 6.03 Å². The Balaban J connectivity index is 1.53. The van der Waals surface area contributed by atoms with Crippen molar-refractivity contribution in [2.24, 2.45) is 0 Å². The van der Waals surface area contributed by atoms with Gasteiger partial charge in [0, 0.05) is 15.8 Å². The number of nitrogens with one attached hydrogen (secondary N) is 1. The van der Waals surface area contributed by atoms with Crippen LogP contribution in [0.2, 0.25) is 0 Å². The molecule has 0 spiro atoms. The van der Waals surface area contributed by atoms with Crippen LogP contribution in [0.4, 0.5) is 9.18 Å². The maximum atomic E-state index is 13.1. The summed E-state index contributed by atoms with van der Waals surface area (Å²) in [4.78, 5) is 28.4. The van der Waals surface area contributed by atoms with Gasteiger partial charge in [0.25, 0.3) is 5.91 Å². The van der Waals surface area contributed by atoms with Crippen molar-refractivity contribution in [1.82, 2.24) is 10.2 Å². The molecular formula is C21H21FN2O2S. The summed E-state index contributed by atoms with van der Waals surface area (Å²) in [7, 11) is 0. The second kappa shape index (κ2) is 7.64. The maximum Gasteiger partial charge on any atom is 0.329 e. The number of urea groups is 1. The van der Waals surface area contributed by atoms with E-state index in [9.17, 15) is 14.0 Å². The number of thiophene rings is 1. The Morgan fingerprint density at radius 2 is 1.70 bits per heavy atom. The highest BCUT2D eigenvalue weighted by atomic mass is 32.1. The van der Waals surface area contributed by atoms with E-state index in [4.69, 9.17) is 0 Å². The quantitative estimate of drug-likeness (QED) is 0.451. The molecule has 2 aliphatic rings. The zero-order chi connectivity index (χ0) is 18.8. The lowest BCUT2D eigenvalue weighted by atomic mass is 10.1. The van der Waals surface area contributed by atoms with Gasteiger partial charge in [-0.3, -0.25) is 9.69 Å². The average Bonchev–Trinajstić information content (AvgIpc) is 3.10. The number of rotatable bonds is 3. The van der Waals surface area contributed by atoms with Gasteiger partial charge in [-0.1, -0.05) is 37.8 Å². The number of imide groups is 1. The molecule has 1 saturated carbocycles. The molecule has 1 aromatic carbocycles. The van der Waals surface area contributed by atoms with Crippen molar-refractivity contribution in [2.45, 2.75) is 44.6 Å². The standard InChI is InChI=1S/C21H21FN2O2S/c22-15-9-7-14(8-10-15)19-12-11-17(27-19)13-18-20(25)24(21(26)23-18)16-5-3-1-2-4-6-16/h7-13,16H,1-6H2,(H,23,26)/b18-13-. The summed E-state index contributed by atoms with van der Waals surface area (Å²) in [5.74, 6) is -0.501. The van der Waals surface area contributed by atoms with Gasteiger partial charge in [0.1, 0.15) is 11.5 Å². The zero-order valence-corrected chi connectivity index (χ0v) is 15.7. The molecule has 2 aromatic rings. The average molecular weight is 384 g/mol. The van der Waals surface area contributed by atoms with E-state index in [-0.39, 0.29) is 23.8 Å². The van der Waals surface area contributed by atoms with Crippen LogP contribution in [0.3, 0.4) is 0 Å². The Bertz CT molecular complexity index is 880. The second-order valence-corrected chi connectivity index (χ2v) is 8.13. The lowest BCUT2D eigenvalue weighted by Crippen LogP contribution is -2.40. The first-order chi connectivity index (χ1) is 13.1. The van der Waals surface area contributed by atoms with Gasteiger partial charge in [-0.2, -0.15) is 0 Å². The molecule has 1 N–H and O–H groups in total. The van der Waals surface area contributed by atoms with Crippen LogP contribution in [0.15, 0.2) is 42.1 Å². The number of benzene rings is 1. The number of hydrogen-bond acceptors (Lipinski definition) is 3. The number of carbonyl (C=O) groups is 2. The summed E-state index contributed by atoms with van der Waals surface area (Å²) in [6.45, 7) is 0. The Kier molecular flexibility index (Phi) is 5.07. The summed E-state index contributed by atoms with van der Waals surface area (Å²) in [5.41, 5.74) is 1.25. The lowest BCUT2D eigenvalue weighted by molar-refractivity contribution is -0.124. The van der Waals surface area contributed by atoms with Crippen LogP contribution >= 0.6 is 11.3 Å². The Labute approximate surface area is 161 Å². The Morgan fingerprint density at radius 1 is 1.00 bits per heavy atom. The van der Waals surface area contributed by atoms with Crippen LogP contribution in [0.1, 0.15) is 43.4 Å². The summed E-state index contributed by atoms with van der Waals surface area (Å²) in [6, 6.07) is 9.86. The van der Waals surface area contributed by atoms with E-state index in [1.807, 2.05) is 12.1 Å². The van der Waals surface area contributed by atoms with E-state index in [1.54, 1.807) is 18.2 Å². The molecule has 6 heteroatoms. The molecule has 4 nitrogen and oxygen atoms in total. The highest BCUT2D eigenvalue weighted by Gasteiger charge is 2.38. The SMILES string of the molecule is O=C1N/C(=C\c2ccc(-c3ccc(F)cc3)s2)C(=O)N1C1CCCCCC1. The van der Waals surface area contributed by atoms with Gasteiger partial charge < -0.3 is 5.32 Å². The predicted molar refractivity (Wildman–Crippen MR) is 105 cm³/mol. The fourth-order valence-corrected chi connectivity index (χ4v) is 4.70. The summed E-state index contributed by atoms with van der Waals surface area (Å²) in [6.07, 6.45) is 7.98. The van der Waals surface area contributed by atoms with Crippen molar-refractivity contribution in [2.75, 3.05) is 0 Å². The summed E-state index contributed by atoms with van der Waals surface area (Å²) >= 11 is 1.50. The number of carbonyl (C=O) groups excluding carboxylic acids is 2. The summed E-state index contributed by atoms with van der Waals surface area (Å²) in [5, 5.41) is 2.73. The largest absolute Gasteiger partial charge is 0.329 e. The van der Waals surface area contributed by atoms with E-state index in [0.29, 0.717) is 5.70 Å². The Hall–Kier alpha value is -2.47. The van der Waals surface area contributed by atoms with Crippen LogP contribution in [0.25, 0.3) is 16.5 Å². The highest BCUT2D eigenvalue weighted by molar-refractivity contribution is 7.16. The van der Waals surface area contributed by atoms with Crippen molar-refractivity contribution in [3.05, 3.63) is 52.8 Å². The van der Waals surface area contributed by atoms with Gasteiger partial charge in [-0.05, 0) is 48.7 Å². The maximum absolute atomic E-state index is 13.1. The Morgan fingerprint density at radius 3 is 2.41 bits per heavy atom. The number of hydrogen-bond donors (Lipinski definition) is 1. The molecule has 0 atom stereocenters. The third-order valence-electron chi connectivity index (χ3n) is 5.14. The monoisotopic (exact) mass is 384 g/mol. The zero-order valence-electron chi connectivity index (χ0n) is 14.9. The summed E-state index contributed by atoms with van der Waals surface area (Å²) < 4.78 is 13.1. The van der Waals surface area contributed by atoms with Crippen LogP contribution in [0.5, 0.6) is 0 Å². The molecule has 140 valence electrons. The van der Waals surface area contributed by atoms with Gasteiger partial charge in [-0.25, -0.2) is 9.18 Å². The fraction of sp³-hybridized carbons (Fsp3) is 0.333. The minimum Gasteiger partial charge on any atom is -0.303 e. The van der Waals surface area contributed by atoms with Crippen molar-refractivity contribution in [3.63, 3.8) is 0 Å². The molecule has 1 aromatic heterocycles. The number of amides is 3. The first-order valence-electron chi connectivity index (χ1n) is 9.34. The van der Waals surface area contributed by atoms with Crippen molar-refractivity contribution < 1.29 is 14.0 Å². The molecule has 1 saturated heterocycles. The minimum absolute atomic E-state index is 0.00371. The van der Waals surface area contributed by atoms with Gasteiger partial charge in [0.15, 0.2) is 0 Å². The minimum atomic E-state index is -0.312. The molecule has 2 heterocycles. The first-order valence-corrected chi connectivity index (χ1v) is 10.2. The molecular weight excluding hydrogens is 363 g/mol. The van der Waals surface area contributed by atoms with E-state index in [1.165, 1.54) is 41.2 Å². The van der Waals surface area contributed by atoms with Crippen LogP contribution in [-0.2, 0) is 4.79 Å². The van der Waals surface area contributed by atoms with Crippen molar-refractivity contribution in [3.8, 4) is 10.4 Å². The molecule has 1 aliphatic carbocycles. The highest BCUT2D eigenvalue weighted by Crippen LogP contribution is 2.31. The van der Waals surface area contributed by atoms with Crippen LogP contribution in [-0.4, -0.2) is 22.9 Å². The van der Waals surface area contributed by atoms with E-state index >= 15 is 0 Å². The number of halogens is 1. The topological polar surface area (TPSA) is 49.4 Å². The molecule has 0 unspecified atom stereocenters. The van der Waals surface area contributed by atoms with Gasteiger partial charge in [0.05, 0.1) is 0 Å². The van der Waals surface area contributed by atoms with E-state index in [2.05, 4.69) is 5.32 Å². The molecule has 3 amide bonds. The molecule has 4 rings (SSSR count). The van der Waals surface area contributed by atoms with Crippen LogP contribution in [0, 0.1) is 5.82 Å². The molecule has 27 heavy (non-hydrogen) atoms. The smallest absolute Gasteiger partial charge is 0.303 e. The molecule has 0 radical (unpaired) electrons. The molecule has 2 fully saturated rings. The third-order valence-corrected chi connectivity index (χ3v) is 6.22. The first kappa shape index (κ1) is 17.9. The lowest BCUT2D eigenvalue weighted by Gasteiger charge is -2.23. The number of nitrogens with zero attached hydrogens (tertiary/aromatic N) is 1. The van der Waals surface area contributed by atoms with E-state index in [0.717, 1.165) is 41.0 Å². The van der Waals surface area contributed by atoms with Gasteiger partial charge in [-0.15, -0.1) is 11.3 Å². The predicted octanol–water partition coefficient (Wildman–Crippen LogP) is 5.17. The molecule has 0 bridgehead atoms. The second-order valence-electron chi connectivity index (χ2n) is 7.02.